The maximum atomic E-state index is 11.7. The average molecular weight is 682 g/mol. The molecule has 0 aliphatic carbocycles. The van der Waals surface area contributed by atoms with Crippen LogP contribution in [0.1, 0.15) is 77.0 Å². The highest BCUT2D eigenvalue weighted by atomic mass is 32.2. The number of guanidine groups is 1. The zero-order valence-corrected chi connectivity index (χ0v) is 26.9. The van der Waals surface area contributed by atoms with Crippen LogP contribution < -0.4 is 21.7 Å². The number of nitrogens with two attached hydrogens (primary N) is 1. The predicted octanol–water partition coefficient (Wildman–Crippen LogP) is 0.244. The molecule has 6 aliphatic heterocycles. The van der Waals surface area contributed by atoms with E-state index in [1.165, 1.54) is 0 Å². The van der Waals surface area contributed by atoms with E-state index in [4.69, 9.17) is 15.4 Å². The van der Waals surface area contributed by atoms with Crippen molar-refractivity contribution in [3.8, 4) is 0 Å². The number of fused-ring (bicyclic) bond motifs is 2. The average Bonchev–Trinajstić information content (AvgIpc) is 3.86. The van der Waals surface area contributed by atoms with E-state index < -0.39 is 35.6 Å². The van der Waals surface area contributed by atoms with Crippen molar-refractivity contribution in [1.29, 1.82) is 0 Å². The quantitative estimate of drug-likeness (QED) is 0.123. The Bertz CT molecular complexity index is 1250. The van der Waals surface area contributed by atoms with Crippen molar-refractivity contribution in [2.45, 2.75) is 112 Å². The van der Waals surface area contributed by atoms with Gasteiger partial charge in [-0.25, -0.2) is 19.4 Å². The number of hydrogen-bond acceptors (Lipinski definition) is 14. The molecule has 0 aromatic rings. The Hall–Kier alpha value is -3.54. The normalized spacial score (nSPS) is 29.5. The summed E-state index contributed by atoms with van der Waals surface area (Å²) in [5, 5.41) is 10.9. The fourth-order valence-electron chi connectivity index (χ4n) is 6.11. The molecule has 6 heterocycles. The Labute approximate surface area is 273 Å². The topological polar surface area (TPSA) is 219 Å². The van der Waals surface area contributed by atoms with Crippen LogP contribution in [-0.2, 0) is 38.4 Å². The van der Waals surface area contributed by atoms with Gasteiger partial charge < -0.3 is 31.4 Å². The summed E-state index contributed by atoms with van der Waals surface area (Å²) in [6.45, 7) is 0. The minimum Gasteiger partial charge on any atom is -0.370 e. The van der Waals surface area contributed by atoms with Crippen molar-refractivity contribution in [2.24, 2.45) is 10.7 Å². The number of hydroxylamine groups is 4. The molecule has 0 spiro atoms. The van der Waals surface area contributed by atoms with Gasteiger partial charge in [0.05, 0.1) is 24.2 Å². The highest BCUT2D eigenvalue weighted by Crippen LogP contribution is 2.35. The number of carbonyl (C=O) groups is 7. The van der Waals surface area contributed by atoms with Crippen LogP contribution in [-0.4, -0.2) is 104 Å². The Morgan fingerprint density at radius 3 is 1.78 bits per heavy atom. The van der Waals surface area contributed by atoms with Gasteiger partial charge in [0.15, 0.2) is 5.96 Å². The first kappa shape index (κ1) is 33.8. The zero-order chi connectivity index (χ0) is 32.8. The molecule has 16 nitrogen and oxygen atoms in total. The van der Waals surface area contributed by atoms with Gasteiger partial charge in [-0.15, -0.1) is 10.1 Å². The summed E-state index contributed by atoms with van der Waals surface area (Å²) in [7, 11) is 0. The molecule has 5 fully saturated rings. The number of carbonyl (C=O) groups excluding carboxylic acids is 7. The number of unbranched alkanes of at least 4 members (excludes halogenated alkanes) is 2. The van der Waals surface area contributed by atoms with Crippen molar-refractivity contribution in [3.05, 3.63) is 0 Å². The molecular weight excluding hydrogens is 642 g/mol. The van der Waals surface area contributed by atoms with Gasteiger partial charge in [0.1, 0.15) is 0 Å². The van der Waals surface area contributed by atoms with E-state index in [9.17, 15) is 33.6 Å². The molecule has 6 rings (SSSR count). The number of hydrogen-bond donors (Lipinski definition) is 4. The number of nitrogens with one attached hydrogen (secondary N) is 3. The summed E-state index contributed by atoms with van der Waals surface area (Å²) in [5.41, 5.74) is 5.69. The number of imide groups is 2. The molecule has 0 aromatic heterocycles. The van der Waals surface area contributed by atoms with Crippen LogP contribution in [0.4, 0.5) is 4.79 Å². The fourth-order valence-corrected chi connectivity index (χ4v) is 9.17. The molecule has 252 valence electrons. The summed E-state index contributed by atoms with van der Waals surface area (Å²) in [5.74, 6) is -0.453. The van der Waals surface area contributed by atoms with Crippen LogP contribution in [0.2, 0.25) is 0 Å². The molecule has 6 atom stereocenters. The fraction of sp³-hybridized carbons (Fsp3) is 0.714. The maximum absolute atomic E-state index is 11.7. The van der Waals surface area contributed by atoms with Gasteiger partial charge in [-0.3, -0.25) is 19.2 Å². The lowest BCUT2D eigenvalue weighted by Gasteiger charge is -2.16. The Morgan fingerprint density at radius 2 is 1.22 bits per heavy atom. The first-order chi connectivity index (χ1) is 22.1. The zero-order valence-electron chi connectivity index (χ0n) is 25.3. The van der Waals surface area contributed by atoms with E-state index in [1.54, 1.807) is 0 Å². The molecule has 5 saturated heterocycles. The smallest absolute Gasteiger partial charge is 0.333 e. The summed E-state index contributed by atoms with van der Waals surface area (Å²) in [4.78, 5) is 94.1. The van der Waals surface area contributed by atoms with Crippen molar-refractivity contribution >= 4 is 71.1 Å². The second-order valence-corrected chi connectivity index (χ2v) is 14.4. The molecule has 0 bridgehead atoms. The van der Waals surface area contributed by atoms with Crippen molar-refractivity contribution in [2.75, 3.05) is 11.5 Å². The highest BCUT2D eigenvalue weighted by Gasteiger charge is 2.43. The Morgan fingerprint density at radius 1 is 0.717 bits per heavy atom. The number of amides is 6. The molecule has 5 N–H and O–H groups in total. The number of aliphatic imine (C=N–C) groups is 1. The van der Waals surface area contributed by atoms with Gasteiger partial charge >= 0.3 is 18.0 Å². The van der Waals surface area contributed by atoms with Gasteiger partial charge in [-0.05, 0) is 25.7 Å². The highest BCUT2D eigenvalue weighted by molar-refractivity contribution is 8.00. The Kier molecular flexibility index (Phi) is 11.3. The summed E-state index contributed by atoms with van der Waals surface area (Å²) >= 11 is 3.71. The van der Waals surface area contributed by atoms with E-state index in [0.717, 1.165) is 37.2 Å². The molecule has 18 heteroatoms. The van der Waals surface area contributed by atoms with E-state index in [-0.39, 0.29) is 62.7 Å². The van der Waals surface area contributed by atoms with Gasteiger partial charge in [-0.1, -0.05) is 12.8 Å². The predicted molar refractivity (Wildman–Crippen MR) is 165 cm³/mol. The largest absolute Gasteiger partial charge is 0.370 e. The van der Waals surface area contributed by atoms with Crippen molar-refractivity contribution in [1.82, 2.24) is 26.1 Å². The van der Waals surface area contributed by atoms with Gasteiger partial charge in [-0.2, -0.15) is 23.5 Å². The van der Waals surface area contributed by atoms with Gasteiger partial charge in [0.2, 0.25) is 0 Å². The molecule has 6 amide bonds. The molecule has 46 heavy (non-hydrogen) atoms. The number of urea groups is 1. The lowest BCUT2D eigenvalue weighted by atomic mass is 10.0. The lowest BCUT2D eigenvalue weighted by molar-refractivity contribution is -0.197. The van der Waals surface area contributed by atoms with Gasteiger partial charge in [0, 0.05) is 60.5 Å². The van der Waals surface area contributed by atoms with E-state index >= 15 is 0 Å². The third-order valence-electron chi connectivity index (χ3n) is 8.48. The third kappa shape index (κ3) is 8.43. The van der Waals surface area contributed by atoms with E-state index in [1.807, 2.05) is 23.5 Å². The third-order valence-corrected chi connectivity index (χ3v) is 11.5. The second-order valence-electron chi connectivity index (χ2n) is 11.8. The number of nitrogens with zero attached hydrogens (tertiary/aromatic N) is 3. The molecule has 0 saturated carbocycles. The summed E-state index contributed by atoms with van der Waals surface area (Å²) in [6, 6.07) is 0.830. The van der Waals surface area contributed by atoms with Crippen molar-refractivity contribution in [3.63, 3.8) is 0 Å². The van der Waals surface area contributed by atoms with Crippen LogP contribution in [0, 0.1) is 0 Å². The number of thioether (sulfide) groups is 2. The Balaban J connectivity index is 0.000000181. The molecule has 0 aromatic carbocycles. The minimum absolute atomic E-state index is 0.103. The van der Waals surface area contributed by atoms with Crippen LogP contribution in [0.3, 0.4) is 0 Å². The van der Waals surface area contributed by atoms with E-state index in [2.05, 4.69) is 20.9 Å². The minimum atomic E-state index is -0.554. The standard InChI is InChI=1S/C14H20N4O4S.C14H19N3O5S/c15-14-16-8-7-23-9(13(8)17-14)3-1-2-4-12(21)22-18-10(19)5-6-11(18)20;18-10-5-6-11(19)17(10)22-12(20)4-2-1-3-9-13-8(7-23-9)15-14(21)16-13/h8-9,13H,1-7H2,(H3,15,16,17);8-9,13H,1-7H2,(H2,15,16,21)/t2*8-,9?,13-/m00/s1. The first-order valence-electron chi connectivity index (χ1n) is 15.6. The summed E-state index contributed by atoms with van der Waals surface area (Å²) in [6.07, 6.45) is 5.67. The number of rotatable bonds is 12. The van der Waals surface area contributed by atoms with Crippen LogP contribution >= 0.6 is 23.5 Å². The molecule has 6 aliphatic rings. The van der Waals surface area contributed by atoms with E-state index in [0.29, 0.717) is 45.5 Å². The molecular formula is C28H39N7O9S2. The van der Waals surface area contributed by atoms with Gasteiger partial charge in [0.25, 0.3) is 23.6 Å². The van der Waals surface area contributed by atoms with Crippen LogP contribution in [0.5, 0.6) is 0 Å². The van der Waals surface area contributed by atoms with Crippen molar-refractivity contribution < 1.29 is 43.2 Å². The SMILES string of the molecule is NC1=N[C@@H]2C(CCCCC(=O)ON3C(=O)CCC3=O)SC[C@@H]2N1.O=C1N[C@H]2CSC(CCCCC(=O)ON3C(=O)CCC3=O)[C@H]2N1. The van der Waals surface area contributed by atoms with Crippen LogP contribution in [0.25, 0.3) is 0 Å². The van der Waals surface area contributed by atoms with Crippen LogP contribution in [0.15, 0.2) is 4.99 Å². The molecule has 0 radical (unpaired) electrons. The maximum Gasteiger partial charge on any atom is 0.333 e. The lowest BCUT2D eigenvalue weighted by Crippen LogP contribution is -2.38. The first-order valence-corrected chi connectivity index (χ1v) is 17.7. The molecule has 2 unspecified atom stereocenters. The summed E-state index contributed by atoms with van der Waals surface area (Å²) < 4.78 is 0. The monoisotopic (exact) mass is 681 g/mol. The second kappa shape index (κ2) is 15.4.